The minimum atomic E-state index is 0.0972. The van der Waals surface area contributed by atoms with Crippen LogP contribution in [0.2, 0.25) is 5.02 Å². The number of benzene rings is 1. The molecule has 0 amide bonds. The molecule has 2 nitrogen and oxygen atoms in total. The van der Waals surface area contributed by atoms with Gasteiger partial charge >= 0.3 is 0 Å². The summed E-state index contributed by atoms with van der Waals surface area (Å²) in [5.41, 5.74) is 1.22. The van der Waals surface area contributed by atoms with E-state index in [0.717, 1.165) is 30.8 Å². The summed E-state index contributed by atoms with van der Waals surface area (Å²) in [7, 11) is 0. The molecule has 0 spiro atoms. The highest BCUT2D eigenvalue weighted by molar-refractivity contribution is 6.30. The maximum atomic E-state index is 10.9. The SMILES string of the molecule is O=CC1CNCCC1c1ccc(Cl)cc1. The van der Waals surface area contributed by atoms with Gasteiger partial charge in [-0.25, -0.2) is 0 Å². The van der Waals surface area contributed by atoms with Gasteiger partial charge in [-0.2, -0.15) is 0 Å². The molecular weight excluding hydrogens is 210 g/mol. The van der Waals surface area contributed by atoms with Gasteiger partial charge in [0.05, 0.1) is 0 Å². The van der Waals surface area contributed by atoms with Crippen LogP contribution in [0, 0.1) is 5.92 Å². The Hall–Kier alpha value is -0.860. The van der Waals surface area contributed by atoms with Crippen molar-refractivity contribution in [3.05, 3.63) is 34.9 Å². The van der Waals surface area contributed by atoms with Crippen LogP contribution < -0.4 is 5.32 Å². The van der Waals surface area contributed by atoms with E-state index in [1.165, 1.54) is 5.56 Å². The number of carbonyl (C=O) groups is 1. The van der Waals surface area contributed by atoms with Crippen LogP contribution in [0.15, 0.2) is 24.3 Å². The molecule has 2 unspecified atom stereocenters. The van der Waals surface area contributed by atoms with Crippen LogP contribution in [0.5, 0.6) is 0 Å². The predicted octanol–water partition coefficient (Wildman–Crippen LogP) is 2.23. The third-order valence-electron chi connectivity index (χ3n) is 3.00. The van der Waals surface area contributed by atoms with Crippen molar-refractivity contribution in [2.24, 2.45) is 5.92 Å². The van der Waals surface area contributed by atoms with E-state index >= 15 is 0 Å². The van der Waals surface area contributed by atoms with E-state index < -0.39 is 0 Å². The summed E-state index contributed by atoms with van der Waals surface area (Å²) in [6.45, 7) is 1.77. The highest BCUT2D eigenvalue weighted by atomic mass is 35.5. The van der Waals surface area contributed by atoms with Crippen LogP contribution in [0.4, 0.5) is 0 Å². The Labute approximate surface area is 94.6 Å². The lowest BCUT2D eigenvalue weighted by atomic mass is 9.82. The Morgan fingerprint density at radius 3 is 2.73 bits per heavy atom. The van der Waals surface area contributed by atoms with E-state index in [1.807, 2.05) is 24.3 Å². The molecular formula is C12H14ClNO. The summed E-state index contributed by atoms with van der Waals surface area (Å²) in [6.07, 6.45) is 2.08. The number of aldehydes is 1. The number of hydrogen-bond acceptors (Lipinski definition) is 2. The van der Waals surface area contributed by atoms with Crippen molar-refractivity contribution in [3.63, 3.8) is 0 Å². The third-order valence-corrected chi connectivity index (χ3v) is 3.25. The van der Waals surface area contributed by atoms with Gasteiger partial charge in [-0.05, 0) is 36.6 Å². The van der Waals surface area contributed by atoms with Crippen molar-refractivity contribution in [2.45, 2.75) is 12.3 Å². The Morgan fingerprint density at radius 2 is 2.07 bits per heavy atom. The van der Waals surface area contributed by atoms with Gasteiger partial charge in [0.15, 0.2) is 0 Å². The Morgan fingerprint density at radius 1 is 1.33 bits per heavy atom. The lowest BCUT2D eigenvalue weighted by Crippen LogP contribution is -2.36. The first-order chi connectivity index (χ1) is 7.31. The minimum absolute atomic E-state index is 0.0972. The molecule has 1 heterocycles. The molecule has 0 saturated carbocycles. The van der Waals surface area contributed by atoms with E-state index in [4.69, 9.17) is 11.6 Å². The maximum Gasteiger partial charge on any atom is 0.124 e. The molecule has 0 aliphatic carbocycles. The zero-order valence-electron chi connectivity index (χ0n) is 8.45. The van der Waals surface area contributed by atoms with Crippen molar-refractivity contribution < 1.29 is 4.79 Å². The lowest BCUT2D eigenvalue weighted by Gasteiger charge is -2.28. The van der Waals surface area contributed by atoms with Crippen LogP contribution >= 0.6 is 11.6 Å². The summed E-state index contributed by atoms with van der Waals surface area (Å²) >= 11 is 5.84. The number of rotatable bonds is 2. The molecule has 0 radical (unpaired) electrons. The smallest absolute Gasteiger partial charge is 0.124 e. The van der Waals surface area contributed by atoms with Crippen molar-refractivity contribution in [1.29, 1.82) is 0 Å². The first-order valence-corrected chi connectivity index (χ1v) is 5.60. The maximum absolute atomic E-state index is 10.9. The summed E-state index contributed by atoms with van der Waals surface area (Å²) in [5.74, 6) is 0.445. The van der Waals surface area contributed by atoms with Gasteiger partial charge in [-0.3, -0.25) is 0 Å². The van der Waals surface area contributed by atoms with Crippen molar-refractivity contribution in [2.75, 3.05) is 13.1 Å². The highest BCUT2D eigenvalue weighted by Gasteiger charge is 2.25. The fourth-order valence-corrected chi connectivity index (χ4v) is 2.28. The van der Waals surface area contributed by atoms with Gasteiger partial charge in [0.1, 0.15) is 6.29 Å². The minimum Gasteiger partial charge on any atom is -0.316 e. The normalized spacial score (nSPS) is 26.2. The van der Waals surface area contributed by atoms with E-state index in [2.05, 4.69) is 5.32 Å². The van der Waals surface area contributed by atoms with Crippen molar-refractivity contribution in [1.82, 2.24) is 5.32 Å². The molecule has 3 heteroatoms. The molecule has 1 aromatic rings. The van der Waals surface area contributed by atoms with Gasteiger partial charge in [0.25, 0.3) is 0 Å². The standard InChI is InChI=1S/C12H14ClNO/c13-11-3-1-9(2-4-11)12-5-6-14-7-10(12)8-15/h1-4,8,10,12,14H,5-7H2. The van der Waals surface area contributed by atoms with Gasteiger partial charge in [0, 0.05) is 17.5 Å². The number of nitrogens with one attached hydrogen (secondary N) is 1. The monoisotopic (exact) mass is 223 g/mol. The quantitative estimate of drug-likeness (QED) is 0.780. The molecule has 2 atom stereocenters. The lowest BCUT2D eigenvalue weighted by molar-refractivity contribution is -0.112. The average Bonchev–Trinajstić information content (AvgIpc) is 2.30. The molecule has 1 N–H and O–H groups in total. The van der Waals surface area contributed by atoms with Crippen LogP contribution in [0.1, 0.15) is 17.9 Å². The van der Waals surface area contributed by atoms with Crippen molar-refractivity contribution >= 4 is 17.9 Å². The molecule has 15 heavy (non-hydrogen) atoms. The zero-order valence-corrected chi connectivity index (χ0v) is 9.20. The van der Waals surface area contributed by atoms with Gasteiger partial charge < -0.3 is 10.1 Å². The van der Waals surface area contributed by atoms with Crippen LogP contribution in [0.3, 0.4) is 0 Å². The molecule has 1 aliphatic rings. The summed E-state index contributed by atoms with van der Waals surface area (Å²) in [6, 6.07) is 7.82. The predicted molar refractivity (Wildman–Crippen MR) is 61.2 cm³/mol. The first kappa shape index (κ1) is 10.7. The highest BCUT2D eigenvalue weighted by Crippen LogP contribution is 2.29. The molecule has 1 aliphatic heterocycles. The zero-order chi connectivity index (χ0) is 10.7. The fraction of sp³-hybridized carbons (Fsp3) is 0.417. The molecule has 2 rings (SSSR count). The van der Waals surface area contributed by atoms with Crippen LogP contribution in [-0.2, 0) is 4.79 Å². The van der Waals surface area contributed by atoms with E-state index in [0.29, 0.717) is 5.92 Å². The number of piperidine rings is 1. The third kappa shape index (κ3) is 2.39. The molecule has 0 bridgehead atoms. The Bertz CT molecular complexity index is 336. The van der Waals surface area contributed by atoms with E-state index in [-0.39, 0.29) is 5.92 Å². The number of halogens is 1. The second-order valence-electron chi connectivity index (χ2n) is 3.95. The summed E-state index contributed by atoms with van der Waals surface area (Å²) < 4.78 is 0. The topological polar surface area (TPSA) is 29.1 Å². The van der Waals surface area contributed by atoms with Crippen LogP contribution in [-0.4, -0.2) is 19.4 Å². The largest absolute Gasteiger partial charge is 0.316 e. The molecule has 1 aromatic carbocycles. The van der Waals surface area contributed by atoms with Gasteiger partial charge in [0.2, 0.25) is 0 Å². The molecule has 80 valence electrons. The molecule has 1 fully saturated rings. The van der Waals surface area contributed by atoms with Gasteiger partial charge in [-0.15, -0.1) is 0 Å². The average molecular weight is 224 g/mol. The van der Waals surface area contributed by atoms with Gasteiger partial charge in [-0.1, -0.05) is 23.7 Å². The first-order valence-electron chi connectivity index (χ1n) is 5.22. The van der Waals surface area contributed by atoms with Crippen LogP contribution in [0.25, 0.3) is 0 Å². The summed E-state index contributed by atoms with van der Waals surface area (Å²) in [4.78, 5) is 10.9. The second kappa shape index (κ2) is 4.77. The Kier molecular flexibility index (Phi) is 3.39. The second-order valence-corrected chi connectivity index (χ2v) is 4.39. The van der Waals surface area contributed by atoms with E-state index in [9.17, 15) is 4.79 Å². The number of hydrogen-bond donors (Lipinski definition) is 1. The molecule has 0 aromatic heterocycles. The molecule has 1 saturated heterocycles. The Balaban J connectivity index is 2.20. The number of carbonyl (C=O) groups excluding carboxylic acids is 1. The van der Waals surface area contributed by atoms with Crippen molar-refractivity contribution in [3.8, 4) is 0 Å². The van der Waals surface area contributed by atoms with E-state index in [1.54, 1.807) is 0 Å². The fourth-order valence-electron chi connectivity index (χ4n) is 2.15. The summed E-state index contributed by atoms with van der Waals surface area (Å²) in [5, 5.41) is 3.99.